The number of hydrogen-bond donors (Lipinski definition) is 0. The number of rotatable bonds is 5. The van der Waals surface area contributed by atoms with Gasteiger partial charge in [0.1, 0.15) is 11.0 Å². The maximum Gasteiger partial charge on any atom is 0.312 e. The molecule has 0 amide bonds. The summed E-state index contributed by atoms with van der Waals surface area (Å²) in [4.78, 5) is 0. The minimum atomic E-state index is -3.59. The van der Waals surface area contributed by atoms with Crippen LogP contribution in [0.4, 0.5) is 0 Å². The van der Waals surface area contributed by atoms with Crippen LogP contribution in [0.25, 0.3) is 0 Å². The molecule has 6 unspecified atom stereocenters. The molecule has 0 aromatic heterocycles. The van der Waals surface area contributed by atoms with Gasteiger partial charge in [-0.25, -0.2) is 0 Å². The van der Waals surface area contributed by atoms with E-state index in [4.69, 9.17) is 8.92 Å². The van der Waals surface area contributed by atoms with Crippen molar-refractivity contribution >= 4 is 10.1 Å². The lowest BCUT2D eigenvalue weighted by molar-refractivity contribution is -0.139. The molecule has 1 heterocycles. The van der Waals surface area contributed by atoms with Crippen LogP contribution >= 0.6 is 0 Å². The molecule has 5 heteroatoms. The molecule has 0 radical (unpaired) electrons. The summed E-state index contributed by atoms with van der Waals surface area (Å²) in [7, 11) is -3.59. The van der Waals surface area contributed by atoms with Crippen LogP contribution in [-0.2, 0) is 14.9 Å². The fourth-order valence-electron chi connectivity index (χ4n) is 4.55. The Hall–Kier alpha value is -1.07. The number of benzene rings is 1. The summed E-state index contributed by atoms with van der Waals surface area (Å²) in [5.41, 5.74) is 1.21. The summed E-state index contributed by atoms with van der Waals surface area (Å²) in [5, 5.41) is -0.400. The minimum Gasteiger partial charge on any atom is -0.382 e. The van der Waals surface area contributed by atoms with Gasteiger partial charge >= 0.3 is 10.1 Å². The van der Waals surface area contributed by atoms with E-state index in [0.717, 1.165) is 25.9 Å². The molecule has 126 valence electrons. The van der Waals surface area contributed by atoms with Gasteiger partial charge in [-0.2, -0.15) is 8.42 Å². The highest BCUT2D eigenvalue weighted by atomic mass is 32.2. The lowest BCUT2D eigenvalue weighted by Gasteiger charge is -2.42. The van der Waals surface area contributed by atoms with E-state index in [-0.39, 0.29) is 12.0 Å². The molecule has 2 bridgehead atoms. The van der Waals surface area contributed by atoms with E-state index in [1.165, 1.54) is 5.56 Å². The summed E-state index contributed by atoms with van der Waals surface area (Å²) in [5.74, 6) is 2.13. The molecule has 2 aliphatic carbocycles. The van der Waals surface area contributed by atoms with Crippen molar-refractivity contribution in [2.24, 2.45) is 17.8 Å². The van der Waals surface area contributed by atoms with Crippen LogP contribution in [0.15, 0.2) is 24.3 Å². The maximum absolute atomic E-state index is 12.7. The Balaban J connectivity index is 1.48. The third-order valence-electron chi connectivity index (χ3n) is 6.16. The van der Waals surface area contributed by atoms with Gasteiger partial charge in [-0.05, 0) is 48.8 Å². The lowest BCUT2D eigenvalue weighted by atomic mass is 9.83. The van der Waals surface area contributed by atoms with Crippen LogP contribution in [0.2, 0.25) is 0 Å². The van der Waals surface area contributed by atoms with E-state index in [2.05, 4.69) is 13.8 Å². The van der Waals surface area contributed by atoms with Crippen LogP contribution in [0.1, 0.15) is 44.6 Å². The predicted octanol–water partition coefficient (Wildman–Crippen LogP) is 3.33. The SMILES string of the molecule is CCC(C)c1ccc(OS(=O)(=O)C2CC3CC2C2OCC32)cc1. The van der Waals surface area contributed by atoms with E-state index in [9.17, 15) is 8.42 Å². The summed E-state index contributed by atoms with van der Waals surface area (Å²) in [6.45, 7) is 5.12. The molecule has 1 aromatic rings. The molecular weight excluding hydrogens is 312 g/mol. The van der Waals surface area contributed by atoms with Crippen molar-refractivity contribution in [2.75, 3.05) is 6.61 Å². The zero-order valence-corrected chi connectivity index (χ0v) is 14.5. The molecule has 23 heavy (non-hydrogen) atoms. The second-order valence-corrected chi connectivity index (χ2v) is 9.11. The summed E-state index contributed by atoms with van der Waals surface area (Å²) >= 11 is 0. The highest BCUT2D eigenvalue weighted by molar-refractivity contribution is 7.87. The van der Waals surface area contributed by atoms with E-state index >= 15 is 0 Å². The lowest BCUT2D eigenvalue weighted by Crippen LogP contribution is -2.50. The van der Waals surface area contributed by atoms with Crippen LogP contribution < -0.4 is 4.18 Å². The van der Waals surface area contributed by atoms with Crippen molar-refractivity contribution < 1.29 is 17.3 Å². The Morgan fingerprint density at radius 3 is 2.52 bits per heavy atom. The van der Waals surface area contributed by atoms with Gasteiger partial charge in [0.15, 0.2) is 0 Å². The first kappa shape index (κ1) is 15.5. The molecule has 6 atom stereocenters. The molecule has 2 saturated carbocycles. The van der Waals surface area contributed by atoms with E-state index < -0.39 is 15.4 Å². The standard InChI is InChI=1S/C18H24O4S/c1-3-11(2)12-4-6-14(7-5-12)22-23(19,20)17-9-13-8-15(17)18-16(13)10-21-18/h4-7,11,13,15-18H,3,8-10H2,1-2H3. The van der Waals surface area contributed by atoms with Gasteiger partial charge in [0.2, 0.25) is 0 Å². The van der Waals surface area contributed by atoms with Gasteiger partial charge in [0.05, 0.1) is 12.7 Å². The smallest absolute Gasteiger partial charge is 0.312 e. The Labute approximate surface area is 138 Å². The zero-order chi connectivity index (χ0) is 16.2. The second kappa shape index (κ2) is 5.49. The minimum absolute atomic E-state index is 0.128. The first-order valence-electron chi connectivity index (χ1n) is 8.64. The number of hydrogen-bond acceptors (Lipinski definition) is 4. The van der Waals surface area contributed by atoms with Crippen LogP contribution in [0.5, 0.6) is 5.75 Å². The van der Waals surface area contributed by atoms with Crippen molar-refractivity contribution in [1.82, 2.24) is 0 Å². The molecule has 1 aliphatic heterocycles. The summed E-state index contributed by atoms with van der Waals surface area (Å²) in [6, 6.07) is 7.47. The molecule has 0 N–H and O–H groups in total. The van der Waals surface area contributed by atoms with E-state index in [1.807, 2.05) is 12.1 Å². The Morgan fingerprint density at radius 2 is 1.96 bits per heavy atom. The van der Waals surface area contributed by atoms with Gasteiger partial charge in [0, 0.05) is 11.8 Å². The van der Waals surface area contributed by atoms with Crippen molar-refractivity contribution in [3.63, 3.8) is 0 Å². The molecule has 1 aromatic carbocycles. The van der Waals surface area contributed by atoms with Gasteiger partial charge < -0.3 is 8.92 Å². The third kappa shape index (κ3) is 2.49. The molecule has 1 saturated heterocycles. The van der Waals surface area contributed by atoms with Gasteiger partial charge in [-0.1, -0.05) is 26.0 Å². The average Bonchev–Trinajstić information content (AvgIpc) is 2.99. The third-order valence-corrected chi connectivity index (χ3v) is 7.87. The normalized spacial score (nSPS) is 36.3. The van der Waals surface area contributed by atoms with Crippen molar-refractivity contribution in [3.05, 3.63) is 29.8 Å². The molecule has 0 spiro atoms. The number of ether oxygens (including phenoxy) is 1. The molecule has 4 rings (SSSR count). The van der Waals surface area contributed by atoms with Crippen molar-refractivity contribution in [1.29, 1.82) is 0 Å². The summed E-state index contributed by atoms with van der Waals surface area (Å²) in [6.07, 6.45) is 2.94. The quantitative estimate of drug-likeness (QED) is 0.774. The van der Waals surface area contributed by atoms with Crippen molar-refractivity contribution in [3.8, 4) is 5.75 Å². The predicted molar refractivity (Wildman–Crippen MR) is 87.9 cm³/mol. The van der Waals surface area contributed by atoms with Gasteiger partial charge in [-0.15, -0.1) is 0 Å². The van der Waals surface area contributed by atoms with E-state index in [1.54, 1.807) is 12.1 Å². The fourth-order valence-corrected chi connectivity index (χ4v) is 6.23. The molecule has 4 nitrogen and oxygen atoms in total. The zero-order valence-electron chi connectivity index (χ0n) is 13.6. The Bertz CT molecular complexity index is 679. The Morgan fingerprint density at radius 1 is 1.22 bits per heavy atom. The van der Waals surface area contributed by atoms with Crippen LogP contribution in [0, 0.1) is 17.8 Å². The second-order valence-electron chi connectivity index (χ2n) is 7.35. The maximum atomic E-state index is 12.7. The largest absolute Gasteiger partial charge is 0.382 e. The molecule has 3 fully saturated rings. The van der Waals surface area contributed by atoms with Gasteiger partial charge in [-0.3, -0.25) is 0 Å². The molecule has 3 aliphatic rings. The fraction of sp³-hybridized carbons (Fsp3) is 0.667. The average molecular weight is 336 g/mol. The first-order valence-corrected chi connectivity index (χ1v) is 10.1. The highest BCUT2D eigenvalue weighted by Gasteiger charge is 2.61. The Kier molecular flexibility index (Phi) is 3.69. The summed E-state index contributed by atoms with van der Waals surface area (Å²) < 4.78 is 36.4. The monoisotopic (exact) mass is 336 g/mol. The van der Waals surface area contributed by atoms with Crippen molar-refractivity contribution in [2.45, 2.75) is 50.4 Å². The highest BCUT2D eigenvalue weighted by Crippen LogP contribution is 2.56. The first-order chi connectivity index (χ1) is 11.0. The van der Waals surface area contributed by atoms with Crippen LogP contribution in [-0.4, -0.2) is 26.4 Å². The molecular formula is C18H24O4S. The van der Waals surface area contributed by atoms with Crippen LogP contribution in [0.3, 0.4) is 0 Å². The topological polar surface area (TPSA) is 52.6 Å². The number of fused-ring (bicyclic) bond motifs is 5. The van der Waals surface area contributed by atoms with E-state index in [0.29, 0.717) is 23.5 Å². The van der Waals surface area contributed by atoms with Gasteiger partial charge in [0.25, 0.3) is 0 Å².